The summed E-state index contributed by atoms with van der Waals surface area (Å²) in [6, 6.07) is 9.53. The van der Waals surface area contributed by atoms with Crippen LogP contribution in [0, 0.1) is 5.82 Å². The van der Waals surface area contributed by atoms with E-state index in [0.29, 0.717) is 5.69 Å². The molecule has 0 atom stereocenters. The molecule has 1 aromatic carbocycles. The number of carbonyl (C=O) groups is 1. The van der Waals surface area contributed by atoms with Crippen molar-refractivity contribution in [3.05, 3.63) is 58.9 Å². The molecule has 2 aromatic heterocycles. The first-order valence-corrected chi connectivity index (χ1v) is 9.11. The van der Waals surface area contributed by atoms with Crippen molar-refractivity contribution in [3.8, 4) is 11.3 Å². The van der Waals surface area contributed by atoms with Crippen LogP contribution in [-0.2, 0) is 4.79 Å². The van der Waals surface area contributed by atoms with E-state index < -0.39 is 0 Å². The normalized spacial score (nSPS) is 10.6. The van der Waals surface area contributed by atoms with Gasteiger partial charge in [0.1, 0.15) is 5.82 Å². The number of thioether (sulfide) groups is 1. The maximum atomic E-state index is 12.9. The molecule has 0 bridgehead atoms. The van der Waals surface area contributed by atoms with Crippen molar-refractivity contribution in [1.29, 1.82) is 0 Å². The SMILES string of the molecule is O=C(CSc1nc(-c2ccc(F)cc2)cs1)Nc1cccnc1Cl. The molecule has 0 spiro atoms. The van der Waals surface area contributed by atoms with Crippen LogP contribution in [-0.4, -0.2) is 21.6 Å². The third kappa shape index (κ3) is 4.31. The van der Waals surface area contributed by atoms with Gasteiger partial charge in [-0.3, -0.25) is 4.79 Å². The molecule has 0 unspecified atom stereocenters. The van der Waals surface area contributed by atoms with Gasteiger partial charge in [0.15, 0.2) is 9.49 Å². The minimum absolute atomic E-state index is 0.187. The quantitative estimate of drug-likeness (QED) is 0.514. The van der Waals surface area contributed by atoms with Crippen molar-refractivity contribution >= 4 is 46.3 Å². The van der Waals surface area contributed by atoms with Crippen LogP contribution in [0.15, 0.2) is 52.3 Å². The summed E-state index contributed by atoms with van der Waals surface area (Å²) < 4.78 is 13.7. The van der Waals surface area contributed by atoms with Gasteiger partial charge < -0.3 is 5.32 Å². The molecule has 2 heterocycles. The van der Waals surface area contributed by atoms with E-state index in [-0.39, 0.29) is 22.6 Å². The second-order valence-electron chi connectivity index (χ2n) is 4.68. The maximum Gasteiger partial charge on any atom is 0.234 e. The van der Waals surface area contributed by atoms with Crippen molar-refractivity contribution in [2.24, 2.45) is 0 Å². The van der Waals surface area contributed by atoms with E-state index in [1.54, 1.807) is 30.5 Å². The van der Waals surface area contributed by atoms with Crippen molar-refractivity contribution in [1.82, 2.24) is 9.97 Å². The van der Waals surface area contributed by atoms with E-state index in [1.807, 2.05) is 5.38 Å². The number of carbonyl (C=O) groups excluding carboxylic acids is 1. The van der Waals surface area contributed by atoms with Crippen LogP contribution in [0.2, 0.25) is 5.15 Å². The van der Waals surface area contributed by atoms with Crippen LogP contribution in [0.25, 0.3) is 11.3 Å². The zero-order valence-electron chi connectivity index (χ0n) is 12.2. The van der Waals surface area contributed by atoms with Crippen molar-refractivity contribution < 1.29 is 9.18 Å². The van der Waals surface area contributed by atoms with Gasteiger partial charge in [-0.1, -0.05) is 23.4 Å². The predicted molar refractivity (Wildman–Crippen MR) is 96.1 cm³/mol. The lowest BCUT2D eigenvalue weighted by atomic mass is 10.2. The Bertz CT molecular complexity index is 855. The summed E-state index contributed by atoms with van der Waals surface area (Å²) >= 11 is 8.67. The second kappa shape index (κ2) is 7.74. The summed E-state index contributed by atoms with van der Waals surface area (Å²) in [6.45, 7) is 0. The van der Waals surface area contributed by atoms with Gasteiger partial charge in [-0.05, 0) is 36.4 Å². The van der Waals surface area contributed by atoms with Crippen LogP contribution in [0.3, 0.4) is 0 Å². The number of aromatic nitrogens is 2. The summed E-state index contributed by atoms with van der Waals surface area (Å²) in [6.07, 6.45) is 1.55. The topological polar surface area (TPSA) is 54.9 Å². The highest BCUT2D eigenvalue weighted by molar-refractivity contribution is 8.01. The second-order valence-corrected chi connectivity index (χ2v) is 7.12. The Labute approximate surface area is 151 Å². The molecule has 0 saturated carbocycles. The van der Waals surface area contributed by atoms with Gasteiger partial charge in [0.25, 0.3) is 0 Å². The van der Waals surface area contributed by atoms with E-state index in [4.69, 9.17) is 11.6 Å². The average molecular weight is 380 g/mol. The monoisotopic (exact) mass is 379 g/mol. The third-order valence-electron chi connectivity index (χ3n) is 2.98. The number of hydrogen-bond donors (Lipinski definition) is 1. The number of anilines is 1. The molecule has 1 amide bonds. The van der Waals surface area contributed by atoms with Crippen molar-refractivity contribution in [3.63, 3.8) is 0 Å². The molecule has 1 N–H and O–H groups in total. The maximum absolute atomic E-state index is 12.9. The molecule has 8 heteroatoms. The lowest BCUT2D eigenvalue weighted by molar-refractivity contribution is -0.113. The van der Waals surface area contributed by atoms with E-state index in [1.165, 1.54) is 35.2 Å². The van der Waals surface area contributed by atoms with Crippen molar-refractivity contribution in [2.45, 2.75) is 4.34 Å². The molecule has 4 nitrogen and oxygen atoms in total. The Morgan fingerprint density at radius 1 is 1.29 bits per heavy atom. The Morgan fingerprint density at radius 3 is 2.83 bits per heavy atom. The van der Waals surface area contributed by atoms with E-state index in [0.717, 1.165) is 15.6 Å². The lowest BCUT2D eigenvalue weighted by Crippen LogP contribution is -2.14. The minimum Gasteiger partial charge on any atom is -0.323 e. The number of benzene rings is 1. The molecule has 3 aromatic rings. The number of rotatable bonds is 5. The number of halogens is 2. The highest BCUT2D eigenvalue weighted by atomic mass is 35.5. The zero-order valence-corrected chi connectivity index (χ0v) is 14.6. The molecule has 24 heavy (non-hydrogen) atoms. The molecule has 0 fully saturated rings. The Morgan fingerprint density at radius 2 is 2.08 bits per heavy atom. The number of nitrogens with zero attached hydrogens (tertiary/aromatic N) is 2. The molecule has 0 aliphatic heterocycles. The molecular weight excluding hydrogens is 369 g/mol. The van der Waals surface area contributed by atoms with Crippen LogP contribution in [0.1, 0.15) is 0 Å². The number of nitrogens with one attached hydrogen (secondary N) is 1. The molecule has 0 saturated heterocycles. The smallest absolute Gasteiger partial charge is 0.234 e. The largest absolute Gasteiger partial charge is 0.323 e. The highest BCUT2D eigenvalue weighted by Gasteiger charge is 2.10. The fourth-order valence-corrected chi connectivity index (χ4v) is 3.67. The molecule has 0 aliphatic carbocycles. The van der Waals surface area contributed by atoms with Gasteiger partial charge in [-0.2, -0.15) is 0 Å². The fourth-order valence-electron chi connectivity index (χ4n) is 1.87. The zero-order chi connectivity index (χ0) is 16.9. The fraction of sp³-hybridized carbons (Fsp3) is 0.0625. The Hall–Kier alpha value is -1.96. The van der Waals surface area contributed by atoms with E-state index >= 15 is 0 Å². The molecule has 3 rings (SSSR count). The number of hydrogen-bond acceptors (Lipinski definition) is 5. The van der Waals surface area contributed by atoms with Crippen molar-refractivity contribution in [2.75, 3.05) is 11.1 Å². The first kappa shape index (κ1) is 16.9. The van der Waals surface area contributed by atoms with Gasteiger partial charge in [0.2, 0.25) is 5.91 Å². The van der Waals surface area contributed by atoms with E-state index in [2.05, 4.69) is 15.3 Å². The highest BCUT2D eigenvalue weighted by Crippen LogP contribution is 2.28. The minimum atomic E-state index is -0.283. The summed E-state index contributed by atoms with van der Waals surface area (Å²) in [5.41, 5.74) is 2.08. The Kier molecular flexibility index (Phi) is 5.44. The average Bonchev–Trinajstić information content (AvgIpc) is 3.05. The molecule has 0 radical (unpaired) electrons. The van der Waals surface area contributed by atoms with Gasteiger partial charge in [-0.25, -0.2) is 14.4 Å². The van der Waals surface area contributed by atoms with Gasteiger partial charge in [-0.15, -0.1) is 11.3 Å². The summed E-state index contributed by atoms with van der Waals surface area (Å²) in [5, 5.41) is 4.84. The lowest BCUT2D eigenvalue weighted by Gasteiger charge is -2.05. The third-order valence-corrected chi connectivity index (χ3v) is 5.31. The first-order chi connectivity index (χ1) is 11.6. The predicted octanol–water partition coefficient (Wildman–Crippen LogP) is 4.73. The molecular formula is C16H11ClFN3OS2. The Balaban J connectivity index is 1.58. The summed E-state index contributed by atoms with van der Waals surface area (Å²) in [5.74, 6) is -0.260. The number of pyridine rings is 1. The van der Waals surface area contributed by atoms with Gasteiger partial charge >= 0.3 is 0 Å². The summed E-state index contributed by atoms with van der Waals surface area (Å²) in [4.78, 5) is 20.3. The first-order valence-electron chi connectivity index (χ1n) is 6.86. The van der Waals surface area contributed by atoms with Crippen LogP contribution < -0.4 is 5.32 Å². The number of amides is 1. The summed E-state index contributed by atoms with van der Waals surface area (Å²) in [7, 11) is 0. The molecule has 0 aliphatic rings. The van der Waals surface area contributed by atoms with Crippen LogP contribution in [0.4, 0.5) is 10.1 Å². The van der Waals surface area contributed by atoms with Crippen LogP contribution in [0.5, 0.6) is 0 Å². The van der Waals surface area contributed by atoms with Gasteiger partial charge in [0, 0.05) is 17.1 Å². The molecule has 122 valence electrons. The van der Waals surface area contributed by atoms with Gasteiger partial charge in [0.05, 0.1) is 17.1 Å². The van der Waals surface area contributed by atoms with E-state index in [9.17, 15) is 9.18 Å². The standard InChI is InChI=1S/C16H11ClFN3OS2/c17-15-12(2-1-7-19-15)20-14(22)9-24-16-21-13(8-23-16)10-3-5-11(18)6-4-10/h1-8H,9H2,(H,20,22). The van der Waals surface area contributed by atoms with Crippen LogP contribution >= 0.6 is 34.7 Å². The number of thiazole rings is 1.